The van der Waals surface area contributed by atoms with Crippen molar-refractivity contribution < 1.29 is 19.1 Å². The van der Waals surface area contributed by atoms with Crippen LogP contribution in [0.3, 0.4) is 0 Å². The third-order valence-corrected chi connectivity index (χ3v) is 5.52. The highest BCUT2D eigenvalue weighted by molar-refractivity contribution is 6.27. The minimum absolute atomic E-state index is 0.129. The number of carbonyl (C=O) groups excluding carboxylic acids is 3. The van der Waals surface area contributed by atoms with Crippen LogP contribution in [0.25, 0.3) is 0 Å². The van der Waals surface area contributed by atoms with Crippen molar-refractivity contribution >= 4 is 29.0 Å². The van der Waals surface area contributed by atoms with Gasteiger partial charge in [0.2, 0.25) is 11.6 Å². The van der Waals surface area contributed by atoms with Gasteiger partial charge in [-0.3, -0.25) is 9.59 Å². The summed E-state index contributed by atoms with van der Waals surface area (Å²) in [6, 6.07) is 13.6. The zero-order valence-electron chi connectivity index (χ0n) is 17.9. The molecule has 1 fully saturated rings. The molecule has 166 valence electrons. The van der Waals surface area contributed by atoms with E-state index in [1.807, 2.05) is 4.90 Å². The molecule has 4 rings (SSSR count). The van der Waals surface area contributed by atoms with Gasteiger partial charge < -0.3 is 25.6 Å². The van der Waals surface area contributed by atoms with Crippen molar-refractivity contribution in [2.24, 2.45) is 0 Å². The molecular weight excluding hydrogens is 408 g/mol. The van der Waals surface area contributed by atoms with Crippen LogP contribution in [0, 0.1) is 0 Å². The Bertz CT molecular complexity index is 1060. The van der Waals surface area contributed by atoms with E-state index in [2.05, 4.69) is 16.0 Å². The molecule has 0 unspecified atom stereocenters. The molecule has 0 spiro atoms. The van der Waals surface area contributed by atoms with Gasteiger partial charge in [0.25, 0.3) is 0 Å². The maximum Gasteiger partial charge on any atom is 0.319 e. The molecule has 2 amide bonds. The van der Waals surface area contributed by atoms with Gasteiger partial charge in [-0.05, 0) is 37.1 Å². The number of ketones is 2. The fraction of sp³-hybridized carbons (Fsp3) is 0.292. The predicted molar refractivity (Wildman–Crippen MR) is 122 cm³/mol. The molecule has 0 bridgehead atoms. The Hall–Kier alpha value is -3.65. The molecule has 2 aliphatic rings. The molecule has 1 aliphatic heterocycles. The Morgan fingerprint density at radius 1 is 0.938 bits per heavy atom. The topological polar surface area (TPSA) is 99.8 Å². The first-order chi connectivity index (χ1) is 15.6. The van der Waals surface area contributed by atoms with Gasteiger partial charge in [0, 0.05) is 49.2 Å². The van der Waals surface area contributed by atoms with Crippen molar-refractivity contribution in [1.82, 2.24) is 10.2 Å². The number of benzene rings is 2. The Labute approximate surface area is 186 Å². The standard InChI is InChI=1S/C24H26N4O4/c1-32-15-12-25-24(31)27-17-10-8-16(9-11-17)26-20-21(28-13-4-5-14-28)23(30)19-7-3-2-6-18(19)22(20)29/h2-3,6-11,26H,4-5,12-15H2,1H3,(H2,25,27,31). The second kappa shape index (κ2) is 9.65. The average Bonchev–Trinajstić information content (AvgIpc) is 3.33. The van der Waals surface area contributed by atoms with Crippen LogP contribution < -0.4 is 16.0 Å². The summed E-state index contributed by atoms with van der Waals surface area (Å²) >= 11 is 0. The molecule has 1 aliphatic carbocycles. The summed E-state index contributed by atoms with van der Waals surface area (Å²) in [5.74, 6) is -0.322. The number of carbonyl (C=O) groups is 3. The number of nitrogens with zero attached hydrogens (tertiary/aromatic N) is 1. The van der Waals surface area contributed by atoms with Crippen molar-refractivity contribution in [3.63, 3.8) is 0 Å². The zero-order valence-corrected chi connectivity index (χ0v) is 17.9. The molecule has 8 heteroatoms. The van der Waals surface area contributed by atoms with Crippen LogP contribution in [0.15, 0.2) is 59.9 Å². The van der Waals surface area contributed by atoms with E-state index >= 15 is 0 Å². The number of ether oxygens (including phenoxy) is 1. The summed E-state index contributed by atoms with van der Waals surface area (Å²) in [5, 5.41) is 8.60. The van der Waals surface area contributed by atoms with E-state index in [0.29, 0.717) is 47.0 Å². The lowest BCUT2D eigenvalue weighted by Crippen LogP contribution is -2.35. The molecule has 3 N–H and O–H groups in total. The number of allylic oxidation sites excluding steroid dienone is 2. The minimum Gasteiger partial charge on any atom is -0.383 e. The molecular formula is C24H26N4O4. The first-order valence-electron chi connectivity index (χ1n) is 10.7. The van der Waals surface area contributed by atoms with Gasteiger partial charge in [0.15, 0.2) is 0 Å². The van der Waals surface area contributed by atoms with E-state index in [1.165, 1.54) is 0 Å². The Morgan fingerprint density at radius 2 is 1.56 bits per heavy atom. The first kappa shape index (κ1) is 21.6. The number of nitrogens with one attached hydrogen (secondary N) is 3. The highest BCUT2D eigenvalue weighted by Crippen LogP contribution is 2.31. The van der Waals surface area contributed by atoms with Gasteiger partial charge in [-0.25, -0.2) is 4.79 Å². The summed E-state index contributed by atoms with van der Waals surface area (Å²) < 4.78 is 4.90. The van der Waals surface area contributed by atoms with Crippen LogP contribution in [0.1, 0.15) is 33.6 Å². The summed E-state index contributed by atoms with van der Waals surface area (Å²) in [5.41, 5.74) is 2.86. The monoisotopic (exact) mass is 434 g/mol. The van der Waals surface area contributed by atoms with E-state index in [-0.39, 0.29) is 17.6 Å². The van der Waals surface area contributed by atoms with Crippen LogP contribution in [0.5, 0.6) is 0 Å². The number of likely N-dealkylation sites (tertiary alicyclic amines) is 1. The molecule has 2 aromatic rings. The predicted octanol–water partition coefficient (Wildman–Crippen LogP) is 3.25. The van der Waals surface area contributed by atoms with Crippen molar-refractivity contribution in [2.45, 2.75) is 12.8 Å². The molecule has 1 heterocycles. The number of methoxy groups -OCH3 is 1. The number of anilines is 2. The number of fused-ring (bicyclic) bond motifs is 1. The summed E-state index contributed by atoms with van der Waals surface area (Å²) in [4.78, 5) is 40.5. The van der Waals surface area contributed by atoms with E-state index < -0.39 is 0 Å². The van der Waals surface area contributed by atoms with E-state index in [1.54, 1.807) is 55.6 Å². The molecule has 1 saturated heterocycles. The summed E-state index contributed by atoms with van der Waals surface area (Å²) in [6.07, 6.45) is 1.99. The van der Waals surface area contributed by atoms with Gasteiger partial charge in [-0.2, -0.15) is 0 Å². The number of amides is 2. The highest BCUT2D eigenvalue weighted by Gasteiger charge is 2.36. The lowest BCUT2D eigenvalue weighted by Gasteiger charge is -2.28. The molecule has 32 heavy (non-hydrogen) atoms. The van der Waals surface area contributed by atoms with Crippen molar-refractivity contribution in [2.75, 3.05) is 44.0 Å². The van der Waals surface area contributed by atoms with E-state index in [9.17, 15) is 14.4 Å². The van der Waals surface area contributed by atoms with Crippen LogP contribution in [0.2, 0.25) is 0 Å². The third kappa shape index (κ3) is 4.50. The number of rotatable bonds is 7. The Kier molecular flexibility index (Phi) is 6.51. The number of urea groups is 1. The fourth-order valence-corrected chi connectivity index (χ4v) is 3.94. The Balaban J connectivity index is 1.56. The van der Waals surface area contributed by atoms with Crippen LogP contribution >= 0.6 is 0 Å². The van der Waals surface area contributed by atoms with Gasteiger partial charge >= 0.3 is 6.03 Å². The maximum absolute atomic E-state index is 13.3. The normalized spacial score (nSPS) is 15.6. The van der Waals surface area contributed by atoms with Crippen LogP contribution in [-0.2, 0) is 4.74 Å². The lowest BCUT2D eigenvalue weighted by atomic mass is 9.89. The minimum atomic E-state index is -0.327. The van der Waals surface area contributed by atoms with E-state index in [4.69, 9.17) is 4.74 Å². The Morgan fingerprint density at radius 3 is 2.22 bits per heavy atom. The highest BCUT2D eigenvalue weighted by atomic mass is 16.5. The summed E-state index contributed by atoms with van der Waals surface area (Å²) in [7, 11) is 1.57. The van der Waals surface area contributed by atoms with Crippen molar-refractivity contribution in [3.8, 4) is 0 Å². The molecule has 0 radical (unpaired) electrons. The molecule has 0 atom stereocenters. The van der Waals surface area contributed by atoms with Crippen LogP contribution in [-0.4, -0.2) is 55.8 Å². The third-order valence-electron chi connectivity index (χ3n) is 5.52. The average molecular weight is 434 g/mol. The smallest absolute Gasteiger partial charge is 0.319 e. The van der Waals surface area contributed by atoms with Gasteiger partial charge in [0.05, 0.1) is 6.61 Å². The molecule has 0 aromatic heterocycles. The SMILES string of the molecule is COCCNC(=O)Nc1ccc(NC2=C(N3CCCC3)C(=O)c3ccccc3C2=O)cc1. The van der Waals surface area contributed by atoms with E-state index in [0.717, 1.165) is 25.9 Å². The molecule has 0 saturated carbocycles. The first-order valence-corrected chi connectivity index (χ1v) is 10.7. The second-order valence-corrected chi connectivity index (χ2v) is 7.70. The number of Topliss-reactive ketones (excluding diaryl/α,β-unsaturated/α-hetero) is 2. The maximum atomic E-state index is 13.3. The van der Waals surface area contributed by atoms with Crippen molar-refractivity contribution in [1.29, 1.82) is 0 Å². The largest absolute Gasteiger partial charge is 0.383 e. The fourth-order valence-electron chi connectivity index (χ4n) is 3.94. The number of hydrogen-bond donors (Lipinski definition) is 3. The van der Waals surface area contributed by atoms with Gasteiger partial charge in [0.1, 0.15) is 11.4 Å². The molecule has 8 nitrogen and oxygen atoms in total. The quantitative estimate of drug-likeness (QED) is 0.579. The van der Waals surface area contributed by atoms with Gasteiger partial charge in [-0.1, -0.05) is 24.3 Å². The zero-order chi connectivity index (χ0) is 22.5. The lowest BCUT2D eigenvalue weighted by molar-refractivity contribution is 0.0948. The van der Waals surface area contributed by atoms with Crippen molar-refractivity contribution in [3.05, 3.63) is 71.1 Å². The second-order valence-electron chi connectivity index (χ2n) is 7.70. The summed E-state index contributed by atoms with van der Waals surface area (Å²) in [6.45, 7) is 2.35. The molecule has 2 aromatic carbocycles. The van der Waals surface area contributed by atoms with Crippen LogP contribution in [0.4, 0.5) is 16.2 Å². The van der Waals surface area contributed by atoms with Gasteiger partial charge in [-0.15, -0.1) is 0 Å². The number of hydrogen-bond acceptors (Lipinski definition) is 6.